The Morgan fingerprint density at radius 2 is 1.81 bits per heavy atom. The molecule has 3 heterocycles. The number of fused-ring (bicyclic) bond motifs is 2. The lowest BCUT2D eigenvalue weighted by Gasteiger charge is -2.30. The molecule has 0 saturated heterocycles. The molecule has 2 aromatic rings. The zero-order valence-electron chi connectivity index (χ0n) is 18.3. The lowest BCUT2D eigenvalue weighted by atomic mass is 10.0. The third-order valence-corrected chi connectivity index (χ3v) is 6.86. The number of carbonyl (C=O) groups is 4. The minimum atomic E-state index is -0.538. The number of thiophene rings is 1. The SMILES string of the molecule is CCOC(=O)c1c(NC(=O)CN2C(=O)c3ccccc3C2=O)sc2c1CCN(C(C)C)C2. The first-order chi connectivity index (χ1) is 15.3. The first kappa shape index (κ1) is 22.2. The van der Waals surface area contributed by atoms with E-state index in [1.807, 2.05) is 0 Å². The molecule has 2 aliphatic rings. The van der Waals surface area contributed by atoms with Crippen molar-refractivity contribution in [3.8, 4) is 0 Å². The monoisotopic (exact) mass is 455 g/mol. The highest BCUT2D eigenvalue weighted by molar-refractivity contribution is 7.17. The Morgan fingerprint density at radius 1 is 1.16 bits per heavy atom. The molecule has 0 unspecified atom stereocenters. The number of rotatable bonds is 6. The molecule has 0 fully saturated rings. The Morgan fingerprint density at radius 3 is 2.41 bits per heavy atom. The molecule has 2 aliphatic heterocycles. The van der Waals surface area contributed by atoms with E-state index in [1.54, 1.807) is 31.2 Å². The third kappa shape index (κ3) is 3.93. The van der Waals surface area contributed by atoms with Gasteiger partial charge in [0.2, 0.25) is 5.91 Å². The first-order valence-electron chi connectivity index (χ1n) is 10.6. The van der Waals surface area contributed by atoms with Crippen molar-refractivity contribution in [3.63, 3.8) is 0 Å². The molecule has 3 amide bonds. The van der Waals surface area contributed by atoms with Crippen molar-refractivity contribution in [3.05, 3.63) is 51.4 Å². The van der Waals surface area contributed by atoms with Crippen LogP contribution in [-0.4, -0.2) is 59.2 Å². The number of hydrogen-bond acceptors (Lipinski definition) is 7. The second-order valence-corrected chi connectivity index (χ2v) is 9.14. The molecule has 9 heteroatoms. The standard InChI is InChI=1S/C23H25N3O5S/c1-4-31-23(30)19-16-9-10-25(13(2)3)11-17(16)32-20(19)24-18(27)12-26-21(28)14-7-5-6-8-15(14)22(26)29/h5-8,13H,4,9-12H2,1-3H3,(H,24,27). The molecule has 168 valence electrons. The number of hydrogen-bond donors (Lipinski definition) is 1. The van der Waals surface area contributed by atoms with Crippen LogP contribution in [0.15, 0.2) is 24.3 Å². The number of imide groups is 1. The minimum Gasteiger partial charge on any atom is -0.462 e. The molecule has 1 aromatic heterocycles. The van der Waals surface area contributed by atoms with E-state index >= 15 is 0 Å². The Hall–Kier alpha value is -3.04. The van der Waals surface area contributed by atoms with Gasteiger partial charge in [0.1, 0.15) is 11.5 Å². The smallest absolute Gasteiger partial charge is 0.341 e. The second kappa shape index (κ2) is 8.84. The summed E-state index contributed by atoms with van der Waals surface area (Å²) in [4.78, 5) is 54.9. The van der Waals surface area contributed by atoms with Gasteiger partial charge in [0.15, 0.2) is 0 Å². The van der Waals surface area contributed by atoms with E-state index in [2.05, 4.69) is 24.1 Å². The van der Waals surface area contributed by atoms with Gasteiger partial charge in [-0.25, -0.2) is 4.79 Å². The topological polar surface area (TPSA) is 96.0 Å². The fourth-order valence-corrected chi connectivity index (χ4v) is 5.34. The highest BCUT2D eigenvalue weighted by Crippen LogP contribution is 2.38. The van der Waals surface area contributed by atoms with Gasteiger partial charge in [0.25, 0.3) is 11.8 Å². The van der Waals surface area contributed by atoms with E-state index < -0.39 is 30.2 Å². The molecule has 1 aromatic carbocycles. The van der Waals surface area contributed by atoms with E-state index in [0.29, 0.717) is 29.6 Å². The molecular formula is C23H25N3O5S. The number of anilines is 1. The molecule has 8 nitrogen and oxygen atoms in total. The Bertz CT molecular complexity index is 1070. The highest BCUT2D eigenvalue weighted by Gasteiger charge is 2.37. The maximum atomic E-state index is 12.8. The van der Waals surface area contributed by atoms with Crippen molar-refractivity contribution < 1.29 is 23.9 Å². The number of amides is 3. The first-order valence-corrected chi connectivity index (χ1v) is 11.4. The quantitative estimate of drug-likeness (QED) is 0.532. The predicted molar refractivity (Wildman–Crippen MR) is 120 cm³/mol. The maximum absolute atomic E-state index is 12.8. The molecule has 1 N–H and O–H groups in total. The molecule has 0 saturated carbocycles. The van der Waals surface area contributed by atoms with E-state index in [4.69, 9.17) is 4.74 Å². The van der Waals surface area contributed by atoms with Gasteiger partial charge in [-0.2, -0.15) is 0 Å². The van der Waals surface area contributed by atoms with Gasteiger partial charge >= 0.3 is 5.97 Å². The summed E-state index contributed by atoms with van der Waals surface area (Å²) in [6.07, 6.45) is 0.687. The summed E-state index contributed by atoms with van der Waals surface area (Å²) in [7, 11) is 0. The number of benzene rings is 1. The predicted octanol–water partition coefficient (Wildman–Crippen LogP) is 2.93. The fraction of sp³-hybridized carbons (Fsp3) is 0.391. The Labute approximate surface area is 190 Å². The van der Waals surface area contributed by atoms with Crippen LogP contribution in [0.25, 0.3) is 0 Å². The zero-order chi connectivity index (χ0) is 23.0. The molecule has 32 heavy (non-hydrogen) atoms. The van der Waals surface area contributed by atoms with E-state index in [1.165, 1.54) is 11.3 Å². The number of carbonyl (C=O) groups excluding carboxylic acids is 4. The van der Waals surface area contributed by atoms with Crippen molar-refractivity contribution in [1.82, 2.24) is 9.80 Å². The van der Waals surface area contributed by atoms with Crippen LogP contribution in [0.5, 0.6) is 0 Å². The summed E-state index contributed by atoms with van der Waals surface area (Å²) in [5, 5.41) is 3.16. The van der Waals surface area contributed by atoms with Crippen LogP contribution < -0.4 is 5.32 Å². The number of nitrogens with zero attached hydrogens (tertiary/aromatic N) is 2. The molecule has 0 spiro atoms. The van der Waals surface area contributed by atoms with Crippen LogP contribution in [0.3, 0.4) is 0 Å². The van der Waals surface area contributed by atoms with Crippen molar-refractivity contribution in [2.45, 2.75) is 39.8 Å². The molecule has 0 radical (unpaired) electrons. The van der Waals surface area contributed by atoms with Crippen LogP contribution in [0, 0.1) is 0 Å². The van der Waals surface area contributed by atoms with Crippen LogP contribution in [-0.2, 0) is 22.5 Å². The normalized spacial score (nSPS) is 15.7. The summed E-state index contributed by atoms with van der Waals surface area (Å²) < 4.78 is 5.24. The van der Waals surface area contributed by atoms with Gasteiger partial charge in [0.05, 0.1) is 23.3 Å². The van der Waals surface area contributed by atoms with Gasteiger partial charge < -0.3 is 10.1 Å². The average Bonchev–Trinajstić information content (AvgIpc) is 3.23. The Balaban J connectivity index is 1.56. The number of ether oxygens (including phenoxy) is 1. The Kier molecular flexibility index (Phi) is 6.12. The molecule has 0 aliphatic carbocycles. The lowest BCUT2D eigenvalue weighted by molar-refractivity contribution is -0.116. The van der Waals surface area contributed by atoms with Crippen LogP contribution in [0.1, 0.15) is 62.3 Å². The highest BCUT2D eigenvalue weighted by atomic mass is 32.1. The molecule has 4 rings (SSSR count). The third-order valence-electron chi connectivity index (χ3n) is 5.73. The average molecular weight is 456 g/mol. The summed E-state index contributed by atoms with van der Waals surface area (Å²) in [6, 6.07) is 6.86. The van der Waals surface area contributed by atoms with Gasteiger partial charge in [-0.1, -0.05) is 12.1 Å². The van der Waals surface area contributed by atoms with Crippen molar-refractivity contribution in [2.75, 3.05) is 25.0 Å². The van der Waals surface area contributed by atoms with Crippen molar-refractivity contribution >= 4 is 40.0 Å². The zero-order valence-corrected chi connectivity index (χ0v) is 19.1. The van der Waals surface area contributed by atoms with Gasteiger partial charge in [-0.05, 0) is 44.9 Å². The molecule has 0 bridgehead atoms. The van der Waals surface area contributed by atoms with E-state index in [0.717, 1.165) is 21.9 Å². The van der Waals surface area contributed by atoms with E-state index in [9.17, 15) is 19.2 Å². The van der Waals surface area contributed by atoms with Crippen LogP contribution in [0.4, 0.5) is 5.00 Å². The van der Waals surface area contributed by atoms with Crippen LogP contribution in [0.2, 0.25) is 0 Å². The summed E-state index contributed by atoms with van der Waals surface area (Å²) in [5.41, 5.74) is 1.86. The number of esters is 1. The largest absolute Gasteiger partial charge is 0.462 e. The second-order valence-electron chi connectivity index (χ2n) is 8.03. The molecule has 0 atom stereocenters. The van der Waals surface area contributed by atoms with E-state index in [-0.39, 0.29) is 17.7 Å². The van der Waals surface area contributed by atoms with Gasteiger partial charge in [-0.15, -0.1) is 11.3 Å². The van der Waals surface area contributed by atoms with Crippen molar-refractivity contribution in [2.24, 2.45) is 0 Å². The summed E-state index contributed by atoms with van der Waals surface area (Å²) >= 11 is 1.35. The maximum Gasteiger partial charge on any atom is 0.341 e. The number of nitrogens with one attached hydrogen (secondary N) is 1. The lowest BCUT2D eigenvalue weighted by Crippen LogP contribution is -2.37. The summed E-state index contributed by atoms with van der Waals surface area (Å²) in [6.45, 7) is 7.29. The summed E-state index contributed by atoms with van der Waals surface area (Å²) in [5.74, 6) is -2.00. The fourth-order valence-electron chi connectivity index (χ4n) is 4.06. The minimum absolute atomic E-state index is 0.226. The van der Waals surface area contributed by atoms with Gasteiger partial charge in [0, 0.05) is 24.0 Å². The van der Waals surface area contributed by atoms with Crippen LogP contribution >= 0.6 is 11.3 Å². The van der Waals surface area contributed by atoms with Crippen molar-refractivity contribution in [1.29, 1.82) is 0 Å². The molecular weight excluding hydrogens is 430 g/mol. The van der Waals surface area contributed by atoms with Gasteiger partial charge in [-0.3, -0.25) is 24.2 Å².